The van der Waals surface area contributed by atoms with Crippen LogP contribution in [-0.4, -0.2) is 49.6 Å². The van der Waals surface area contributed by atoms with Gasteiger partial charge in [0, 0.05) is 11.6 Å². The van der Waals surface area contributed by atoms with E-state index in [9.17, 15) is 19.5 Å². The largest absolute Gasteiger partial charge is 0.497 e. The summed E-state index contributed by atoms with van der Waals surface area (Å²) in [6.45, 7) is 3.22. The van der Waals surface area contributed by atoms with E-state index in [1.165, 1.54) is 13.2 Å². The van der Waals surface area contributed by atoms with Crippen LogP contribution in [0.5, 0.6) is 23.0 Å². The second-order valence-electron chi connectivity index (χ2n) is 7.76. The van der Waals surface area contributed by atoms with Crippen molar-refractivity contribution in [2.75, 3.05) is 20.8 Å². The second kappa shape index (κ2) is 10.7. The van der Waals surface area contributed by atoms with Gasteiger partial charge < -0.3 is 29.4 Å². The van der Waals surface area contributed by atoms with E-state index in [0.717, 1.165) is 0 Å². The van der Waals surface area contributed by atoms with Crippen molar-refractivity contribution < 1.29 is 38.4 Å². The fourth-order valence-electron chi connectivity index (χ4n) is 3.40. The van der Waals surface area contributed by atoms with E-state index in [1.807, 2.05) is 6.92 Å². The molecule has 0 spiro atoms. The molecule has 1 aliphatic rings. The number of ketones is 1. The predicted molar refractivity (Wildman–Crippen MR) is 123 cm³/mol. The number of rotatable bonds is 10. The van der Waals surface area contributed by atoms with E-state index >= 15 is 0 Å². The SMILES string of the molecule is CC[C@H](C)[C@H](NC(=O)COc1ccc2c(c1)O/C(=C/c1cc(OC)ccc1OC)C2=O)C(=O)O. The number of methoxy groups -OCH3 is 2. The minimum Gasteiger partial charge on any atom is -0.497 e. The Labute approximate surface area is 197 Å². The third-order valence-electron chi connectivity index (χ3n) is 5.53. The Morgan fingerprint density at radius 2 is 1.85 bits per heavy atom. The van der Waals surface area contributed by atoms with Crippen molar-refractivity contribution in [1.29, 1.82) is 0 Å². The molecule has 34 heavy (non-hydrogen) atoms. The van der Waals surface area contributed by atoms with Gasteiger partial charge in [0.05, 0.1) is 19.8 Å². The number of nitrogens with one attached hydrogen (secondary N) is 1. The standard InChI is InChI=1S/C25H27NO8/c1-5-14(2)23(25(29)30)26-22(27)13-33-17-6-8-18-20(12-17)34-21(24(18)28)11-15-10-16(31-3)7-9-19(15)32-4/h6-12,14,23H,5,13H2,1-4H3,(H,26,27)(H,29,30)/b21-11+/t14-,23-/m0/s1. The average molecular weight is 469 g/mol. The van der Waals surface area contributed by atoms with E-state index in [1.54, 1.807) is 50.4 Å². The smallest absolute Gasteiger partial charge is 0.326 e. The van der Waals surface area contributed by atoms with Crippen molar-refractivity contribution in [3.8, 4) is 23.0 Å². The molecule has 3 rings (SSSR count). The first-order chi connectivity index (χ1) is 16.3. The molecule has 180 valence electrons. The number of aliphatic carboxylic acids is 1. The number of carboxylic acid groups (broad SMARTS) is 1. The zero-order valence-electron chi connectivity index (χ0n) is 19.4. The van der Waals surface area contributed by atoms with Crippen LogP contribution >= 0.6 is 0 Å². The summed E-state index contributed by atoms with van der Waals surface area (Å²) in [6, 6.07) is 8.80. The Balaban J connectivity index is 1.71. The number of benzene rings is 2. The van der Waals surface area contributed by atoms with Gasteiger partial charge in [0.1, 0.15) is 29.0 Å². The molecular formula is C25H27NO8. The highest BCUT2D eigenvalue weighted by atomic mass is 16.5. The van der Waals surface area contributed by atoms with Crippen molar-refractivity contribution in [3.63, 3.8) is 0 Å². The van der Waals surface area contributed by atoms with Gasteiger partial charge in [0.2, 0.25) is 5.78 Å². The average Bonchev–Trinajstić information content (AvgIpc) is 3.14. The maximum absolute atomic E-state index is 12.8. The maximum atomic E-state index is 12.8. The molecule has 0 bridgehead atoms. The molecule has 9 nitrogen and oxygen atoms in total. The molecule has 0 aliphatic carbocycles. The van der Waals surface area contributed by atoms with Crippen LogP contribution in [0.2, 0.25) is 0 Å². The monoisotopic (exact) mass is 469 g/mol. The number of amides is 1. The molecule has 0 saturated heterocycles. The third-order valence-corrected chi connectivity index (χ3v) is 5.53. The van der Waals surface area contributed by atoms with Crippen molar-refractivity contribution in [3.05, 3.63) is 53.3 Å². The molecule has 0 saturated carbocycles. The van der Waals surface area contributed by atoms with Crippen LogP contribution in [0.25, 0.3) is 6.08 Å². The summed E-state index contributed by atoms with van der Waals surface area (Å²) in [6.07, 6.45) is 2.17. The van der Waals surface area contributed by atoms with Gasteiger partial charge in [0.25, 0.3) is 5.91 Å². The fraction of sp³-hybridized carbons (Fsp3) is 0.320. The van der Waals surface area contributed by atoms with Crippen LogP contribution < -0.4 is 24.3 Å². The summed E-state index contributed by atoms with van der Waals surface area (Å²) in [5.74, 6) is -0.340. The van der Waals surface area contributed by atoms with Crippen LogP contribution in [0.4, 0.5) is 0 Å². The van der Waals surface area contributed by atoms with Gasteiger partial charge >= 0.3 is 5.97 Å². The summed E-state index contributed by atoms with van der Waals surface area (Å²) in [7, 11) is 3.07. The summed E-state index contributed by atoms with van der Waals surface area (Å²) >= 11 is 0. The zero-order chi connectivity index (χ0) is 24.8. The number of carbonyl (C=O) groups is 3. The molecule has 1 amide bonds. The maximum Gasteiger partial charge on any atom is 0.326 e. The molecule has 2 N–H and O–H groups in total. The molecule has 1 aliphatic heterocycles. The normalized spacial score (nSPS) is 15.2. The van der Waals surface area contributed by atoms with Gasteiger partial charge in [-0.1, -0.05) is 20.3 Å². The topological polar surface area (TPSA) is 120 Å². The van der Waals surface area contributed by atoms with Crippen molar-refractivity contribution >= 4 is 23.7 Å². The molecule has 9 heteroatoms. The van der Waals surface area contributed by atoms with E-state index in [4.69, 9.17) is 18.9 Å². The van der Waals surface area contributed by atoms with Gasteiger partial charge in [-0.25, -0.2) is 4.79 Å². The Morgan fingerprint density at radius 1 is 1.12 bits per heavy atom. The predicted octanol–water partition coefficient (Wildman–Crippen LogP) is 3.31. The summed E-state index contributed by atoms with van der Waals surface area (Å²) < 4.78 is 21.8. The van der Waals surface area contributed by atoms with Gasteiger partial charge in [0.15, 0.2) is 12.4 Å². The van der Waals surface area contributed by atoms with E-state index < -0.39 is 17.9 Å². The minimum absolute atomic E-state index is 0.106. The Kier molecular flexibility index (Phi) is 7.78. The molecule has 2 aromatic carbocycles. The lowest BCUT2D eigenvalue weighted by Crippen LogP contribution is -2.46. The summed E-state index contributed by atoms with van der Waals surface area (Å²) in [4.78, 5) is 36.4. The highest BCUT2D eigenvalue weighted by Crippen LogP contribution is 2.36. The molecule has 0 fully saturated rings. The number of ether oxygens (including phenoxy) is 4. The zero-order valence-corrected chi connectivity index (χ0v) is 19.4. The van der Waals surface area contributed by atoms with Crippen LogP contribution in [-0.2, 0) is 9.59 Å². The minimum atomic E-state index is -1.10. The number of carboxylic acids is 1. The molecule has 2 aromatic rings. The van der Waals surface area contributed by atoms with Gasteiger partial charge in [-0.3, -0.25) is 9.59 Å². The lowest BCUT2D eigenvalue weighted by atomic mass is 9.99. The van der Waals surface area contributed by atoms with Gasteiger partial charge in [-0.15, -0.1) is 0 Å². The molecule has 0 radical (unpaired) electrons. The van der Waals surface area contributed by atoms with Crippen LogP contribution in [0.3, 0.4) is 0 Å². The number of carbonyl (C=O) groups excluding carboxylic acids is 2. The van der Waals surface area contributed by atoms with Crippen LogP contribution in [0.15, 0.2) is 42.2 Å². The van der Waals surface area contributed by atoms with Gasteiger partial charge in [-0.05, 0) is 42.3 Å². The van der Waals surface area contributed by atoms with Crippen LogP contribution in [0, 0.1) is 5.92 Å². The fourth-order valence-corrected chi connectivity index (χ4v) is 3.40. The summed E-state index contributed by atoms with van der Waals surface area (Å²) in [5.41, 5.74) is 0.966. The molecule has 0 aromatic heterocycles. The molecule has 0 unspecified atom stereocenters. The Hall–Kier alpha value is -4.01. The molecule has 2 atom stereocenters. The highest BCUT2D eigenvalue weighted by Gasteiger charge is 2.29. The quantitative estimate of drug-likeness (QED) is 0.509. The Morgan fingerprint density at radius 3 is 2.50 bits per heavy atom. The lowest BCUT2D eigenvalue weighted by molar-refractivity contribution is -0.143. The lowest BCUT2D eigenvalue weighted by Gasteiger charge is -2.20. The first kappa shape index (κ1) is 24.6. The van der Waals surface area contributed by atoms with Crippen LogP contribution in [0.1, 0.15) is 36.2 Å². The Bertz CT molecular complexity index is 1120. The highest BCUT2D eigenvalue weighted by molar-refractivity contribution is 6.14. The summed E-state index contributed by atoms with van der Waals surface area (Å²) in [5, 5.41) is 11.8. The molecule has 1 heterocycles. The second-order valence-corrected chi connectivity index (χ2v) is 7.76. The van der Waals surface area contributed by atoms with Crippen molar-refractivity contribution in [2.45, 2.75) is 26.3 Å². The number of hydrogen-bond acceptors (Lipinski definition) is 7. The number of fused-ring (bicyclic) bond motifs is 1. The number of allylic oxidation sites excluding steroid dienone is 1. The first-order valence-corrected chi connectivity index (χ1v) is 10.7. The number of Topliss-reactive ketones (excluding diaryl/α,β-unsaturated/α-hetero) is 1. The first-order valence-electron chi connectivity index (χ1n) is 10.7. The van der Waals surface area contributed by atoms with E-state index in [0.29, 0.717) is 40.5 Å². The third kappa shape index (κ3) is 5.48. The van der Waals surface area contributed by atoms with E-state index in [-0.39, 0.29) is 24.1 Å². The van der Waals surface area contributed by atoms with Gasteiger partial charge in [-0.2, -0.15) is 0 Å². The van der Waals surface area contributed by atoms with E-state index in [2.05, 4.69) is 5.32 Å². The molecular weight excluding hydrogens is 442 g/mol. The van der Waals surface area contributed by atoms with Crippen molar-refractivity contribution in [1.82, 2.24) is 5.32 Å². The van der Waals surface area contributed by atoms with Crippen molar-refractivity contribution in [2.24, 2.45) is 5.92 Å². The number of hydrogen-bond donors (Lipinski definition) is 2.